The van der Waals surface area contributed by atoms with Gasteiger partial charge in [-0.25, -0.2) is 4.39 Å². The van der Waals surface area contributed by atoms with Crippen molar-refractivity contribution in [3.05, 3.63) is 94.8 Å². The minimum absolute atomic E-state index is 0.0198. The van der Waals surface area contributed by atoms with E-state index in [-0.39, 0.29) is 18.2 Å². The predicted octanol–water partition coefficient (Wildman–Crippen LogP) is 3.48. The van der Waals surface area contributed by atoms with E-state index in [1.807, 2.05) is 24.3 Å². The zero-order valence-electron chi connectivity index (χ0n) is 18.4. The van der Waals surface area contributed by atoms with Crippen LogP contribution in [0.25, 0.3) is 0 Å². The molecule has 3 aromatic carbocycles. The second kappa shape index (κ2) is 12.9. The molecule has 0 spiro atoms. The van der Waals surface area contributed by atoms with E-state index in [0.717, 1.165) is 23.3 Å². The van der Waals surface area contributed by atoms with Crippen LogP contribution in [0.3, 0.4) is 0 Å². The molecule has 0 saturated heterocycles. The molecular weight excluding hydrogens is 425 g/mol. The fourth-order valence-corrected chi connectivity index (χ4v) is 3.27. The van der Waals surface area contributed by atoms with Gasteiger partial charge < -0.3 is 30.1 Å². The summed E-state index contributed by atoms with van der Waals surface area (Å²) in [5.41, 5.74) is 3.10. The maximum atomic E-state index is 12.9. The average Bonchev–Trinajstić information content (AvgIpc) is 2.84. The second-order valence-corrected chi connectivity index (χ2v) is 7.69. The largest absolute Gasteiger partial charge is 0.508 e. The molecule has 7 heteroatoms. The van der Waals surface area contributed by atoms with Gasteiger partial charge in [-0.1, -0.05) is 30.3 Å². The molecule has 1 unspecified atom stereocenters. The lowest BCUT2D eigenvalue weighted by molar-refractivity contribution is 0.0889. The number of hydrogen-bond acceptors (Lipinski definition) is 6. The first-order chi connectivity index (χ1) is 16.0. The van der Waals surface area contributed by atoms with Gasteiger partial charge in [0.15, 0.2) is 0 Å². The van der Waals surface area contributed by atoms with Crippen molar-refractivity contribution in [3.63, 3.8) is 0 Å². The summed E-state index contributed by atoms with van der Waals surface area (Å²) >= 11 is 0. The van der Waals surface area contributed by atoms with Gasteiger partial charge in [0, 0.05) is 12.1 Å². The van der Waals surface area contributed by atoms with E-state index in [2.05, 4.69) is 5.32 Å². The molecule has 0 aliphatic rings. The SMILES string of the molecule is OCc1cc(C(O)CNCCc2ccc(OCCOCc3ccc(F)cc3)cc2)ccc1O. The number of aromatic hydroxyl groups is 1. The Kier molecular flexibility index (Phi) is 9.65. The minimum atomic E-state index is -0.725. The maximum Gasteiger partial charge on any atom is 0.123 e. The summed E-state index contributed by atoms with van der Waals surface area (Å²) in [7, 11) is 0. The lowest BCUT2D eigenvalue weighted by Crippen LogP contribution is -2.23. The van der Waals surface area contributed by atoms with Crippen molar-refractivity contribution in [2.75, 3.05) is 26.3 Å². The van der Waals surface area contributed by atoms with Crippen molar-refractivity contribution in [2.24, 2.45) is 0 Å². The van der Waals surface area contributed by atoms with Gasteiger partial charge in [-0.15, -0.1) is 0 Å². The molecule has 33 heavy (non-hydrogen) atoms. The van der Waals surface area contributed by atoms with Crippen LogP contribution in [0, 0.1) is 5.82 Å². The normalized spacial score (nSPS) is 12.0. The molecule has 0 bridgehead atoms. The van der Waals surface area contributed by atoms with Gasteiger partial charge in [-0.3, -0.25) is 0 Å². The van der Waals surface area contributed by atoms with Crippen molar-refractivity contribution >= 4 is 0 Å². The standard InChI is InChI=1S/C26H30FNO5/c27-23-6-1-20(2-7-23)18-32-13-14-33-24-8-3-19(4-9-24)11-12-28-16-26(31)21-5-10-25(30)22(15-21)17-29/h1-10,15,26,28-31H,11-14,16-18H2. The Morgan fingerprint density at radius 2 is 1.64 bits per heavy atom. The summed E-state index contributed by atoms with van der Waals surface area (Å²) in [6.45, 7) is 2.07. The summed E-state index contributed by atoms with van der Waals surface area (Å²) in [5.74, 6) is 0.524. The van der Waals surface area contributed by atoms with Gasteiger partial charge in [0.25, 0.3) is 0 Å². The number of phenols is 1. The molecule has 3 rings (SSSR count). The highest BCUT2D eigenvalue weighted by Gasteiger charge is 2.10. The van der Waals surface area contributed by atoms with E-state index >= 15 is 0 Å². The second-order valence-electron chi connectivity index (χ2n) is 7.69. The number of rotatable bonds is 13. The number of hydrogen-bond donors (Lipinski definition) is 4. The predicted molar refractivity (Wildman–Crippen MR) is 124 cm³/mol. The molecule has 176 valence electrons. The highest BCUT2D eigenvalue weighted by molar-refractivity contribution is 5.36. The van der Waals surface area contributed by atoms with Crippen molar-refractivity contribution in [2.45, 2.75) is 25.7 Å². The van der Waals surface area contributed by atoms with E-state index in [0.29, 0.717) is 44.0 Å². The first-order valence-electron chi connectivity index (χ1n) is 10.9. The molecular formula is C26H30FNO5. The number of ether oxygens (including phenoxy) is 2. The zero-order chi connectivity index (χ0) is 23.5. The molecule has 0 fully saturated rings. The summed E-state index contributed by atoms with van der Waals surface area (Å²) in [5, 5.41) is 32.4. The minimum Gasteiger partial charge on any atom is -0.508 e. The number of benzene rings is 3. The molecule has 0 aliphatic carbocycles. The molecule has 4 N–H and O–H groups in total. The van der Waals surface area contributed by atoms with Gasteiger partial charge in [0.05, 0.1) is 25.9 Å². The zero-order valence-corrected chi connectivity index (χ0v) is 18.4. The van der Waals surface area contributed by atoms with Crippen molar-refractivity contribution in [3.8, 4) is 11.5 Å². The lowest BCUT2D eigenvalue weighted by atomic mass is 10.1. The molecule has 0 amide bonds. The molecule has 6 nitrogen and oxygen atoms in total. The maximum absolute atomic E-state index is 12.9. The molecule has 0 heterocycles. The number of halogens is 1. The van der Waals surface area contributed by atoms with E-state index in [9.17, 15) is 19.7 Å². The van der Waals surface area contributed by atoms with Gasteiger partial charge in [0.2, 0.25) is 0 Å². The Morgan fingerprint density at radius 1 is 0.909 bits per heavy atom. The first kappa shape index (κ1) is 24.7. The summed E-state index contributed by atoms with van der Waals surface area (Å²) < 4.78 is 24.1. The Morgan fingerprint density at radius 3 is 2.36 bits per heavy atom. The third-order valence-corrected chi connectivity index (χ3v) is 5.19. The summed E-state index contributed by atoms with van der Waals surface area (Å²) in [4.78, 5) is 0. The van der Waals surface area contributed by atoms with Crippen LogP contribution in [0.5, 0.6) is 11.5 Å². The molecule has 0 radical (unpaired) electrons. The van der Waals surface area contributed by atoms with E-state index in [1.165, 1.54) is 18.2 Å². The molecule has 3 aromatic rings. The van der Waals surface area contributed by atoms with Gasteiger partial charge in [-0.2, -0.15) is 0 Å². The molecule has 0 saturated carbocycles. The van der Waals surface area contributed by atoms with Crippen LogP contribution in [0.4, 0.5) is 4.39 Å². The molecule has 0 aromatic heterocycles. The van der Waals surface area contributed by atoms with E-state index < -0.39 is 6.10 Å². The fraction of sp³-hybridized carbons (Fsp3) is 0.308. The molecule has 1 atom stereocenters. The van der Waals surface area contributed by atoms with Gasteiger partial charge >= 0.3 is 0 Å². The van der Waals surface area contributed by atoms with Crippen LogP contribution in [0.2, 0.25) is 0 Å². The fourth-order valence-electron chi connectivity index (χ4n) is 3.27. The Labute approximate surface area is 193 Å². The van der Waals surface area contributed by atoms with Crippen LogP contribution in [0.1, 0.15) is 28.4 Å². The van der Waals surface area contributed by atoms with Crippen molar-refractivity contribution < 1.29 is 29.2 Å². The highest BCUT2D eigenvalue weighted by atomic mass is 19.1. The lowest BCUT2D eigenvalue weighted by Gasteiger charge is -2.14. The van der Waals surface area contributed by atoms with Crippen molar-refractivity contribution in [1.29, 1.82) is 0 Å². The Bertz CT molecular complexity index is 979. The number of aliphatic hydroxyl groups excluding tert-OH is 2. The Balaban J connectivity index is 1.30. The number of aliphatic hydroxyl groups is 2. The van der Waals surface area contributed by atoms with Crippen LogP contribution >= 0.6 is 0 Å². The first-order valence-corrected chi connectivity index (χ1v) is 10.9. The van der Waals surface area contributed by atoms with Gasteiger partial charge in [0.1, 0.15) is 23.9 Å². The smallest absolute Gasteiger partial charge is 0.123 e. The third kappa shape index (κ3) is 8.14. The highest BCUT2D eigenvalue weighted by Crippen LogP contribution is 2.22. The van der Waals surface area contributed by atoms with Gasteiger partial charge in [-0.05, 0) is 66.1 Å². The molecule has 0 aliphatic heterocycles. The van der Waals surface area contributed by atoms with E-state index in [4.69, 9.17) is 9.47 Å². The monoisotopic (exact) mass is 455 g/mol. The van der Waals surface area contributed by atoms with Crippen LogP contribution in [0.15, 0.2) is 66.7 Å². The average molecular weight is 456 g/mol. The van der Waals surface area contributed by atoms with E-state index in [1.54, 1.807) is 24.3 Å². The summed E-state index contributed by atoms with van der Waals surface area (Å²) in [6, 6.07) is 18.8. The quantitative estimate of drug-likeness (QED) is 0.295. The van der Waals surface area contributed by atoms with Crippen molar-refractivity contribution in [1.82, 2.24) is 5.32 Å². The number of nitrogens with one attached hydrogen (secondary N) is 1. The summed E-state index contributed by atoms with van der Waals surface area (Å²) in [6.07, 6.45) is 0.0718. The Hall–Kier alpha value is -2.97. The third-order valence-electron chi connectivity index (χ3n) is 5.19. The van der Waals surface area contributed by atoms with Crippen LogP contribution < -0.4 is 10.1 Å². The van der Waals surface area contributed by atoms with Crippen LogP contribution in [-0.2, 0) is 24.4 Å². The van der Waals surface area contributed by atoms with Crippen LogP contribution in [-0.4, -0.2) is 41.6 Å². The topological polar surface area (TPSA) is 91.2 Å².